The fourth-order valence-electron chi connectivity index (χ4n) is 7.10. The molecule has 13 heteroatoms. The third-order valence-corrected chi connectivity index (χ3v) is 9.86. The largest absolute Gasteiger partial charge is 0.444 e. The van der Waals surface area contributed by atoms with E-state index in [1.165, 1.54) is 17.2 Å². The second kappa shape index (κ2) is 12.5. The summed E-state index contributed by atoms with van der Waals surface area (Å²) >= 11 is 0. The number of amides is 2. The van der Waals surface area contributed by atoms with Crippen LogP contribution in [0.3, 0.4) is 0 Å². The Hall–Kier alpha value is -4.81. The van der Waals surface area contributed by atoms with E-state index < -0.39 is 34.4 Å². The molecule has 3 aromatic heterocycles. The van der Waals surface area contributed by atoms with Gasteiger partial charge in [0, 0.05) is 17.8 Å². The van der Waals surface area contributed by atoms with E-state index in [-0.39, 0.29) is 25.0 Å². The van der Waals surface area contributed by atoms with E-state index in [1.54, 1.807) is 50.1 Å². The number of alkyl carbamates (subject to hydrolysis) is 1. The highest BCUT2D eigenvalue weighted by Crippen LogP contribution is 2.52. The van der Waals surface area contributed by atoms with Gasteiger partial charge in [0.05, 0.1) is 52.6 Å². The quantitative estimate of drug-likeness (QED) is 0.209. The molecule has 10 nitrogen and oxygen atoms in total. The van der Waals surface area contributed by atoms with Crippen LogP contribution in [0.1, 0.15) is 111 Å². The lowest BCUT2D eigenvalue weighted by molar-refractivity contribution is -0.139. The molecule has 3 aliphatic rings. The molecule has 2 fully saturated rings. The van der Waals surface area contributed by atoms with Gasteiger partial charge in [0.25, 0.3) is 5.56 Å². The van der Waals surface area contributed by atoms with Crippen molar-refractivity contribution in [3.8, 4) is 0 Å². The van der Waals surface area contributed by atoms with Crippen LogP contribution >= 0.6 is 0 Å². The van der Waals surface area contributed by atoms with Crippen LogP contribution in [0.15, 0.2) is 53.6 Å². The molecule has 4 aromatic rings. The number of aromatic amines is 1. The molecule has 50 heavy (non-hydrogen) atoms. The average molecular weight is 689 g/mol. The summed E-state index contributed by atoms with van der Waals surface area (Å²) in [5, 5.41) is 10.2. The second-order valence-corrected chi connectivity index (χ2v) is 14.6. The van der Waals surface area contributed by atoms with Gasteiger partial charge in [0.1, 0.15) is 5.60 Å². The Balaban J connectivity index is 1.25. The summed E-state index contributed by atoms with van der Waals surface area (Å²) in [5.74, 6) is 0.329. The number of carbonyl (C=O) groups excluding carboxylic acids is 2. The smallest absolute Gasteiger partial charge is 0.417 e. The normalized spacial score (nSPS) is 18.3. The van der Waals surface area contributed by atoms with Crippen molar-refractivity contribution < 1.29 is 27.5 Å². The first-order chi connectivity index (χ1) is 23.7. The Morgan fingerprint density at radius 2 is 1.82 bits per heavy atom. The molecule has 0 radical (unpaired) electrons. The molecule has 2 N–H and O–H groups in total. The maximum absolute atomic E-state index is 15.0. The Morgan fingerprint density at radius 1 is 1.04 bits per heavy atom. The van der Waals surface area contributed by atoms with Crippen LogP contribution in [0.25, 0.3) is 10.8 Å². The molecule has 1 atom stereocenters. The van der Waals surface area contributed by atoms with Crippen molar-refractivity contribution >= 4 is 22.8 Å². The predicted octanol–water partition coefficient (Wildman–Crippen LogP) is 6.77. The van der Waals surface area contributed by atoms with E-state index in [0.717, 1.165) is 43.6 Å². The minimum atomic E-state index is -4.53. The third-order valence-electron chi connectivity index (χ3n) is 9.86. The topological polar surface area (TPSA) is 130 Å². The Bertz CT molecular complexity index is 2010. The first-order valence-corrected chi connectivity index (χ1v) is 17.0. The van der Waals surface area contributed by atoms with Crippen LogP contribution < -0.4 is 10.9 Å². The van der Waals surface area contributed by atoms with Crippen molar-refractivity contribution in [1.29, 1.82) is 0 Å². The number of H-pyrrole nitrogens is 1. The van der Waals surface area contributed by atoms with Crippen LogP contribution in [0.2, 0.25) is 0 Å². The lowest BCUT2D eigenvalue weighted by atomic mass is 9.85. The molecule has 0 aliphatic heterocycles. The number of alkyl halides is 3. The molecule has 7 rings (SSSR count). The summed E-state index contributed by atoms with van der Waals surface area (Å²) < 4.78 is 45.5. The van der Waals surface area contributed by atoms with Gasteiger partial charge < -0.3 is 15.0 Å². The molecule has 0 spiro atoms. The fraction of sp³-hybridized carbons (Fsp3) is 0.459. The van der Waals surface area contributed by atoms with E-state index in [0.29, 0.717) is 52.9 Å². The number of carbonyl (C=O) groups is 2. The number of fused-ring (bicyclic) bond motifs is 2. The summed E-state index contributed by atoms with van der Waals surface area (Å²) in [5.41, 5.74) is 1.85. The van der Waals surface area contributed by atoms with Gasteiger partial charge >= 0.3 is 12.3 Å². The number of benzene rings is 1. The van der Waals surface area contributed by atoms with E-state index in [4.69, 9.17) is 9.72 Å². The number of hydrogen-bond donors (Lipinski definition) is 2. The highest BCUT2D eigenvalue weighted by molar-refractivity contribution is 5.94. The first kappa shape index (κ1) is 33.7. The number of pyridine rings is 2. The minimum Gasteiger partial charge on any atom is -0.444 e. The molecule has 0 saturated heterocycles. The lowest BCUT2D eigenvalue weighted by Gasteiger charge is -2.38. The SMILES string of the molecule is CC(C)(C)OC(=O)NCc1n[nH]c(=O)c2ccc(C3(C(=O)N(Cc4ccc(C(F)(F)F)cn4)C4CCCc5c(C6CC6)ccnc54)CC3)cc12. The Morgan fingerprint density at radius 3 is 2.48 bits per heavy atom. The van der Waals surface area contributed by atoms with Crippen LogP contribution in [-0.4, -0.2) is 42.7 Å². The number of halogens is 3. The highest BCUT2D eigenvalue weighted by Gasteiger charge is 2.54. The van der Waals surface area contributed by atoms with Crippen molar-refractivity contribution in [1.82, 2.24) is 30.4 Å². The van der Waals surface area contributed by atoms with E-state index in [9.17, 15) is 27.6 Å². The molecule has 3 heterocycles. The molecule has 3 aliphatic carbocycles. The van der Waals surface area contributed by atoms with Crippen molar-refractivity contribution in [2.24, 2.45) is 0 Å². The van der Waals surface area contributed by atoms with Crippen LogP contribution in [-0.2, 0) is 40.6 Å². The zero-order valence-corrected chi connectivity index (χ0v) is 28.2. The van der Waals surface area contributed by atoms with Gasteiger partial charge in [-0.3, -0.25) is 19.6 Å². The van der Waals surface area contributed by atoms with Gasteiger partial charge in [-0.05, 0) is 119 Å². The van der Waals surface area contributed by atoms with Gasteiger partial charge in [-0.1, -0.05) is 6.07 Å². The number of hydrogen-bond acceptors (Lipinski definition) is 7. The summed E-state index contributed by atoms with van der Waals surface area (Å²) in [7, 11) is 0. The summed E-state index contributed by atoms with van der Waals surface area (Å²) in [6.45, 7) is 5.25. The zero-order valence-electron chi connectivity index (χ0n) is 28.2. The number of nitrogens with one attached hydrogen (secondary N) is 2. The second-order valence-electron chi connectivity index (χ2n) is 14.6. The molecule has 2 saturated carbocycles. The molecular weight excluding hydrogens is 649 g/mol. The number of ether oxygens (including phenoxy) is 1. The third kappa shape index (κ3) is 6.69. The van der Waals surface area contributed by atoms with E-state index in [2.05, 4.69) is 26.6 Å². The fourth-order valence-corrected chi connectivity index (χ4v) is 7.10. The van der Waals surface area contributed by atoms with Gasteiger partial charge in [0.2, 0.25) is 5.91 Å². The zero-order chi connectivity index (χ0) is 35.4. The van der Waals surface area contributed by atoms with Crippen LogP contribution in [0.5, 0.6) is 0 Å². The van der Waals surface area contributed by atoms with E-state index in [1.807, 2.05) is 0 Å². The molecule has 0 bridgehead atoms. The number of rotatable bonds is 8. The van der Waals surface area contributed by atoms with Crippen molar-refractivity contribution in [3.63, 3.8) is 0 Å². The first-order valence-electron chi connectivity index (χ1n) is 17.0. The summed E-state index contributed by atoms with van der Waals surface area (Å²) in [6.07, 6.45) is 3.16. The predicted molar refractivity (Wildman–Crippen MR) is 178 cm³/mol. The van der Waals surface area contributed by atoms with Gasteiger partial charge in [0.15, 0.2) is 0 Å². The Kier molecular flexibility index (Phi) is 8.42. The van der Waals surface area contributed by atoms with Gasteiger partial charge in [-0.2, -0.15) is 18.3 Å². The highest BCUT2D eigenvalue weighted by atomic mass is 19.4. The van der Waals surface area contributed by atoms with Gasteiger partial charge in [-0.25, -0.2) is 9.89 Å². The summed E-state index contributed by atoms with van der Waals surface area (Å²) in [6, 6.07) is 9.25. The average Bonchev–Trinajstić information content (AvgIpc) is 4.00. The van der Waals surface area contributed by atoms with Crippen molar-refractivity contribution in [2.75, 3.05) is 0 Å². The maximum Gasteiger partial charge on any atom is 0.417 e. The van der Waals surface area contributed by atoms with E-state index >= 15 is 0 Å². The number of nitrogens with zero attached hydrogens (tertiary/aromatic N) is 4. The van der Waals surface area contributed by atoms with Crippen molar-refractivity contribution in [2.45, 2.75) is 108 Å². The maximum atomic E-state index is 15.0. The molecule has 1 aromatic carbocycles. The molecule has 1 unspecified atom stereocenters. The Labute approximate surface area is 286 Å². The molecule has 262 valence electrons. The van der Waals surface area contributed by atoms with Crippen molar-refractivity contribution in [3.05, 3.63) is 98.5 Å². The van der Waals surface area contributed by atoms with Crippen LogP contribution in [0.4, 0.5) is 18.0 Å². The van der Waals surface area contributed by atoms with Gasteiger partial charge in [-0.15, -0.1) is 0 Å². The standard InChI is InChI=1S/C37H39F3N6O4/c1-35(2,3)50-34(49)43-19-29-28-17-22(10-12-27(28)32(47)45-44-29)36(14-15-36)33(48)46(20-24-11-9-23(18-42-24)37(38,39)40)30-6-4-5-26-25(21-7-8-21)13-16-41-31(26)30/h9-13,16-18,21,30H,4-8,14-15,19-20H2,1-3H3,(H,43,49)(H,45,47). The molecule has 2 amide bonds. The van der Waals surface area contributed by atoms with Crippen LogP contribution in [0, 0.1) is 0 Å². The number of aromatic nitrogens is 4. The lowest BCUT2D eigenvalue weighted by Crippen LogP contribution is -2.43. The summed E-state index contributed by atoms with van der Waals surface area (Å²) in [4.78, 5) is 50.9. The minimum absolute atomic E-state index is 0.0119. The molecular formula is C37H39F3N6O4. The monoisotopic (exact) mass is 688 g/mol.